The predicted octanol–water partition coefficient (Wildman–Crippen LogP) is 5.17. The molecule has 0 saturated heterocycles. The minimum absolute atomic E-state index is 0.288. The Balaban J connectivity index is 1.58. The van der Waals surface area contributed by atoms with Gasteiger partial charge in [-0.3, -0.25) is 4.79 Å². The van der Waals surface area contributed by atoms with Crippen LogP contribution in [0.25, 0.3) is 0 Å². The molecule has 0 heterocycles. The minimum Gasteiger partial charge on any atom is -0.494 e. The van der Waals surface area contributed by atoms with Crippen molar-refractivity contribution < 1.29 is 23.8 Å². The van der Waals surface area contributed by atoms with Crippen LogP contribution in [0.4, 0.5) is 0 Å². The van der Waals surface area contributed by atoms with E-state index >= 15 is 0 Å². The molecule has 176 valence electrons. The van der Waals surface area contributed by atoms with Crippen molar-refractivity contribution in [1.82, 2.24) is 5.43 Å². The summed E-state index contributed by atoms with van der Waals surface area (Å²) in [5, 5.41) is 4.00. The molecule has 0 aliphatic heterocycles. The number of hydrazone groups is 1. The third-order valence-corrected chi connectivity index (χ3v) is 4.94. The molecular weight excluding hydrogens is 432 g/mol. The van der Waals surface area contributed by atoms with E-state index in [1.165, 1.54) is 13.3 Å². The minimum atomic E-state index is -0.478. The molecule has 0 saturated carbocycles. The fourth-order valence-corrected chi connectivity index (χ4v) is 2.96. The summed E-state index contributed by atoms with van der Waals surface area (Å²) >= 11 is 0. The van der Waals surface area contributed by atoms with Crippen molar-refractivity contribution in [2.45, 2.75) is 26.7 Å². The fourth-order valence-electron chi connectivity index (χ4n) is 2.96. The average Bonchev–Trinajstić information content (AvgIpc) is 2.85. The number of rotatable bonds is 10. The van der Waals surface area contributed by atoms with Gasteiger partial charge in [0.15, 0.2) is 11.5 Å². The predicted molar refractivity (Wildman–Crippen MR) is 131 cm³/mol. The van der Waals surface area contributed by atoms with Crippen molar-refractivity contribution >= 4 is 18.1 Å². The summed E-state index contributed by atoms with van der Waals surface area (Å²) in [7, 11) is 1.48. The van der Waals surface area contributed by atoms with Gasteiger partial charge < -0.3 is 14.2 Å². The molecule has 3 rings (SSSR count). The Morgan fingerprint density at radius 1 is 0.941 bits per heavy atom. The van der Waals surface area contributed by atoms with Crippen LogP contribution >= 0.6 is 0 Å². The number of ether oxygens (including phenoxy) is 3. The summed E-state index contributed by atoms with van der Waals surface area (Å²) < 4.78 is 16.4. The van der Waals surface area contributed by atoms with Gasteiger partial charge in [0.1, 0.15) is 5.75 Å². The summed E-state index contributed by atoms with van der Waals surface area (Å²) in [6.45, 7) is 4.70. The number of hydrogen-bond donors (Lipinski definition) is 1. The second-order valence-electron chi connectivity index (χ2n) is 7.59. The summed E-state index contributed by atoms with van der Waals surface area (Å²) in [5.41, 5.74) is 5.12. The first-order valence-corrected chi connectivity index (χ1v) is 11.0. The van der Waals surface area contributed by atoms with E-state index in [0.717, 1.165) is 24.2 Å². The molecule has 0 aliphatic rings. The maximum absolute atomic E-state index is 12.4. The molecule has 1 amide bonds. The summed E-state index contributed by atoms with van der Waals surface area (Å²) in [5.74, 6) is 0.564. The first-order chi connectivity index (χ1) is 16.5. The van der Waals surface area contributed by atoms with Crippen LogP contribution in [0, 0.1) is 6.92 Å². The van der Waals surface area contributed by atoms with Gasteiger partial charge >= 0.3 is 5.97 Å². The van der Waals surface area contributed by atoms with Crippen LogP contribution in [-0.4, -0.2) is 31.8 Å². The number of methoxy groups -OCH3 is 1. The monoisotopic (exact) mass is 460 g/mol. The number of nitrogens with one attached hydrogen (secondary N) is 1. The van der Waals surface area contributed by atoms with E-state index in [1.807, 2.05) is 19.1 Å². The zero-order valence-corrected chi connectivity index (χ0v) is 19.5. The van der Waals surface area contributed by atoms with Crippen LogP contribution < -0.4 is 19.6 Å². The second-order valence-corrected chi connectivity index (χ2v) is 7.59. The number of benzene rings is 3. The number of amides is 1. The Bertz CT molecular complexity index is 1140. The molecule has 0 bridgehead atoms. The third-order valence-electron chi connectivity index (χ3n) is 4.94. The molecule has 3 aromatic carbocycles. The molecule has 1 N–H and O–H groups in total. The van der Waals surface area contributed by atoms with E-state index < -0.39 is 5.97 Å². The number of nitrogens with zero attached hydrogens (tertiary/aromatic N) is 1. The molecule has 34 heavy (non-hydrogen) atoms. The third kappa shape index (κ3) is 6.93. The van der Waals surface area contributed by atoms with Gasteiger partial charge in [0.2, 0.25) is 0 Å². The first kappa shape index (κ1) is 24.5. The van der Waals surface area contributed by atoms with Crippen LogP contribution in [0.1, 0.15) is 51.6 Å². The van der Waals surface area contributed by atoms with Crippen molar-refractivity contribution in [3.8, 4) is 17.2 Å². The van der Waals surface area contributed by atoms with Crippen molar-refractivity contribution in [2.24, 2.45) is 5.10 Å². The smallest absolute Gasteiger partial charge is 0.343 e. The maximum atomic E-state index is 12.4. The highest BCUT2D eigenvalue weighted by Gasteiger charge is 2.13. The normalized spacial score (nSPS) is 10.7. The van der Waals surface area contributed by atoms with E-state index in [-0.39, 0.29) is 11.7 Å². The van der Waals surface area contributed by atoms with Crippen molar-refractivity contribution in [1.29, 1.82) is 0 Å². The fraction of sp³-hybridized carbons (Fsp3) is 0.222. The Morgan fingerprint density at radius 2 is 1.65 bits per heavy atom. The standard InChI is InChI=1S/C27H28N2O5/c1-4-5-16-33-23-13-11-21(12-14-23)26(30)29-28-18-20-8-15-24(25(17-20)32-3)34-27(31)22-9-6-19(2)7-10-22/h6-15,17-18H,4-5,16H2,1-3H3,(H,29,30). The number of carbonyl (C=O) groups is 2. The highest BCUT2D eigenvalue weighted by molar-refractivity contribution is 5.95. The average molecular weight is 461 g/mol. The summed E-state index contributed by atoms with van der Waals surface area (Å²) in [6, 6.07) is 19.0. The SMILES string of the molecule is CCCCOc1ccc(C(=O)NN=Cc2ccc(OC(=O)c3ccc(C)cc3)c(OC)c2)cc1. The Hall–Kier alpha value is -4.13. The second kappa shape index (κ2) is 12.2. The highest BCUT2D eigenvalue weighted by atomic mass is 16.6. The topological polar surface area (TPSA) is 86.2 Å². The molecule has 0 spiro atoms. The van der Waals surface area contributed by atoms with Gasteiger partial charge in [-0.25, -0.2) is 10.2 Å². The number of unbranched alkanes of at least 4 members (excludes halogenated alkanes) is 1. The van der Waals surface area contributed by atoms with E-state index in [1.54, 1.807) is 54.6 Å². The Morgan fingerprint density at radius 3 is 2.32 bits per heavy atom. The van der Waals surface area contributed by atoms with Crippen LogP contribution in [0.3, 0.4) is 0 Å². The summed E-state index contributed by atoms with van der Waals surface area (Å²) in [4.78, 5) is 24.7. The number of hydrogen-bond acceptors (Lipinski definition) is 6. The van der Waals surface area contributed by atoms with Gasteiger partial charge in [-0.2, -0.15) is 5.10 Å². The molecular formula is C27H28N2O5. The molecule has 7 nitrogen and oxygen atoms in total. The molecule has 0 unspecified atom stereocenters. The lowest BCUT2D eigenvalue weighted by atomic mass is 10.1. The van der Waals surface area contributed by atoms with Crippen molar-refractivity contribution in [3.05, 3.63) is 89.0 Å². The van der Waals surface area contributed by atoms with E-state index in [9.17, 15) is 9.59 Å². The highest BCUT2D eigenvalue weighted by Crippen LogP contribution is 2.28. The quantitative estimate of drug-likeness (QED) is 0.148. The number of carbonyl (C=O) groups excluding carboxylic acids is 2. The molecule has 0 aliphatic carbocycles. The van der Waals surface area contributed by atoms with Gasteiger partial charge in [0, 0.05) is 5.56 Å². The van der Waals surface area contributed by atoms with Gasteiger partial charge in [-0.1, -0.05) is 31.0 Å². The van der Waals surface area contributed by atoms with E-state index in [0.29, 0.717) is 29.0 Å². The molecule has 0 aromatic heterocycles. The lowest BCUT2D eigenvalue weighted by Gasteiger charge is -2.10. The van der Waals surface area contributed by atoms with Gasteiger partial charge in [0.05, 0.1) is 25.5 Å². The van der Waals surface area contributed by atoms with Crippen LogP contribution in [0.2, 0.25) is 0 Å². The first-order valence-electron chi connectivity index (χ1n) is 11.0. The lowest BCUT2D eigenvalue weighted by molar-refractivity contribution is 0.0729. The van der Waals surface area contributed by atoms with Crippen molar-refractivity contribution in [3.63, 3.8) is 0 Å². The molecule has 0 radical (unpaired) electrons. The zero-order chi connectivity index (χ0) is 24.3. The lowest BCUT2D eigenvalue weighted by Crippen LogP contribution is -2.17. The molecule has 0 atom stereocenters. The Kier molecular flexibility index (Phi) is 8.80. The van der Waals surface area contributed by atoms with Crippen molar-refractivity contribution in [2.75, 3.05) is 13.7 Å². The summed E-state index contributed by atoms with van der Waals surface area (Å²) in [6.07, 6.45) is 3.53. The molecule has 7 heteroatoms. The van der Waals surface area contributed by atoms with Crippen LogP contribution in [-0.2, 0) is 0 Å². The van der Waals surface area contributed by atoms with E-state index in [4.69, 9.17) is 14.2 Å². The number of aryl methyl sites for hydroxylation is 1. The Labute approximate surface area is 199 Å². The zero-order valence-electron chi connectivity index (χ0n) is 19.5. The maximum Gasteiger partial charge on any atom is 0.343 e. The molecule has 3 aromatic rings. The molecule has 0 fully saturated rings. The van der Waals surface area contributed by atoms with Gasteiger partial charge in [0.25, 0.3) is 5.91 Å². The van der Waals surface area contributed by atoms with Crippen LogP contribution in [0.5, 0.6) is 17.2 Å². The van der Waals surface area contributed by atoms with Gasteiger partial charge in [-0.05, 0) is 73.5 Å². The van der Waals surface area contributed by atoms with Gasteiger partial charge in [-0.15, -0.1) is 0 Å². The largest absolute Gasteiger partial charge is 0.494 e. The number of esters is 1. The van der Waals surface area contributed by atoms with Crippen LogP contribution in [0.15, 0.2) is 71.8 Å². The van der Waals surface area contributed by atoms with E-state index in [2.05, 4.69) is 17.5 Å².